The van der Waals surface area contributed by atoms with E-state index in [-0.39, 0.29) is 17.7 Å². The number of carbonyl (C=O) groups excluding carboxylic acids is 2. The Kier molecular flexibility index (Phi) is 6.26. The molecule has 0 saturated carbocycles. The number of para-hydroxylation sites is 1. The van der Waals surface area contributed by atoms with Gasteiger partial charge in [-0.2, -0.15) is 0 Å². The summed E-state index contributed by atoms with van der Waals surface area (Å²) in [5, 5.41) is 6.62. The maximum absolute atomic E-state index is 13.4. The molecule has 0 fully saturated rings. The van der Waals surface area contributed by atoms with Gasteiger partial charge in [-0.05, 0) is 37.3 Å². The van der Waals surface area contributed by atoms with Crippen molar-refractivity contribution in [2.24, 2.45) is 11.1 Å². The van der Waals surface area contributed by atoms with Gasteiger partial charge in [0.05, 0.1) is 11.4 Å². The molecule has 0 atom stereocenters. The van der Waals surface area contributed by atoms with Gasteiger partial charge in [-0.1, -0.05) is 37.2 Å². The minimum absolute atomic E-state index is 0.0910. The van der Waals surface area contributed by atoms with E-state index in [1.165, 1.54) is 7.11 Å². The van der Waals surface area contributed by atoms with Crippen LogP contribution >= 0.6 is 0 Å². The molecular weight excluding hydrogens is 418 g/mol. The highest BCUT2D eigenvalue weighted by molar-refractivity contribution is 6.43. The predicted octanol–water partition coefficient (Wildman–Crippen LogP) is 4.18. The zero-order valence-corrected chi connectivity index (χ0v) is 19.2. The number of fused-ring (bicyclic) bond motifs is 3. The standard InChI is InChI=1S/C25H27N5O3/c1-15(2)22(29-33-4)24(31)28-18-11-9-17(10-12-18)25(32)30-14-13-20-23(27-16(3)26-20)19-7-5-6-8-21(19)30/h5-12,15H,13-14H2,1-4H3,(H,26,27)(H,28,31). The van der Waals surface area contributed by atoms with Crippen LogP contribution in [0.3, 0.4) is 0 Å². The molecule has 0 bridgehead atoms. The molecule has 0 radical (unpaired) electrons. The number of benzene rings is 2. The fraction of sp³-hybridized carbons (Fsp3) is 0.280. The van der Waals surface area contributed by atoms with Crippen LogP contribution in [0.4, 0.5) is 11.4 Å². The predicted molar refractivity (Wildman–Crippen MR) is 128 cm³/mol. The van der Waals surface area contributed by atoms with E-state index in [1.54, 1.807) is 29.2 Å². The summed E-state index contributed by atoms with van der Waals surface area (Å²) in [6.07, 6.45) is 0.682. The highest BCUT2D eigenvalue weighted by Gasteiger charge is 2.27. The van der Waals surface area contributed by atoms with Crippen molar-refractivity contribution in [3.05, 3.63) is 65.6 Å². The first-order valence-corrected chi connectivity index (χ1v) is 10.9. The first-order valence-electron chi connectivity index (χ1n) is 10.9. The van der Waals surface area contributed by atoms with Crippen molar-refractivity contribution in [2.45, 2.75) is 27.2 Å². The Balaban J connectivity index is 1.56. The third kappa shape index (κ3) is 4.50. The molecule has 8 heteroatoms. The summed E-state index contributed by atoms with van der Waals surface area (Å²) in [6, 6.07) is 14.7. The summed E-state index contributed by atoms with van der Waals surface area (Å²) in [6.45, 7) is 6.20. The van der Waals surface area contributed by atoms with Crippen molar-refractivity contribution >= 4 is 28.9 Å². The number of H-pyrrole nitrogens is 1. The van der Waals surface area contributed by atoms with E-state index in [2.05, 4.69) is 20.4 Å². The smallest absolute Gasteiger partial charge is 0.273 e. The quantitative estimate of drug-likeness (QED) is 0.454. The van der Waals surface area contributed by atoms with Gasteiger partial charge in [0, 0.05) is 41.4 Å². The number of amides is 2. The molecule has 33 heavy (non-hydrogen) atoms. The average Bonchev–Trinajstić information content (AvgIpc) is 3.11. The number of aromatic nitrogens is 2. The summed E-state index contributed by atoms with van der Waals surface area (Å²) in [5.74, 6) is 0.331. The monoisotopic (exact) mass is 445 g/mol. The fourth-order valence-electron chi connectivity index (χ4n) is 3.96. The third-order valence-corrected chi connectivity index (χ3v) is 5.54. The van der Waals surface area contributed by atoms with Gasteiger partial charge in [0.2, 0.25) is 0 Å². The van der Waals surface area contributed by atoms with Gasteiger partial charge >= 0.3 is 0 Å². The maximum Gasteiger partial charge on any atom is 0.273 e. The first-order chi connectivity index (χ1) is 15.9. The normalized spacial score (nSPS) is 13.2. The van der Waals surface area contributed by atoms with Crippen molar-refractivity contribution in [1.29, 1.82) is 0 Å². The number of nitrogens with one attached hydrogen (secondary N) is 2. The molecule has 0 saturated heterocycles. The molecule has 1 aliphatic heterocycles. The van der Waals surface area contributed by atoms with Gasteiger partial charge < -0.3 is 20.0 Å². The Hall–Kier alpha value is -3.94. The molecule has 2 N–H and O–H groups in total. The Morgan fingerprint density at radius 1 is 1.15 bits per heavy atom. The van der Waals surface area contributed by atoms with Crippen LogP contribution in [-0.4, -0.2) is 41.1 Å². The Labute approximate surface area is 192 Å². The molecule has 0 unspecified atom stereocenters. The summed E-state index contributed by atoms with van der Waals surface area (Å²) < 4.78 is 0. The molecule has 0 spiro atoms. The number of rotatable bonds is 5. The lowest BCUT2D eigenvalue weighted by atomic mass is 10.1. The average molecular weight is 446 g/mol. The fourth-order valence-corrected chi connectivity index (χ4v) is 3.96. The molecule has 0 aliphatic carbocycles. The number of oxime groups is 1. The van der Waals surface area contributed by atoms with Gasteiger partial charge in [-0.15, -0.1) is 0 Å². The molecular formula is C25H27N5O3. The lowest BCUT2D eigenvalue weighted by Gasteiger charge is -2.23. The lowest BCUT2D eigenvalue weighted by molar-refractivity contribution is -0.110. The molecule has 4 rings (SSSR count). The van der Waals surface area contributed by atoms with Crippen molar-refractivity contribution in [3.8, 4) is 11.3 Å². The van der Waals surface area contributed by atoms with E-state index >= 15 is 0 Å². The number of hydrogen-bond acceptors (Lipinski definition) is 5. The minimum atomic E-state index is -0.337. The van der Waals surface area contributed by atoms with Crippen molar-refractivity contribution in [2.75, 3.05) is 23.9 Å². The molecule has 8 nitrogen and oxygen atoms in total. The number of carbonyl (C=O) groups is 2. The van der Waals surface area contributed by atoms with Gasteiger partial charge in [-0.25, -0.2) is 4.98 Å². The molecule has 3 aromatic rings. The first kappa shape index (κ1) is 22.3. The molecule has 2 amide bonds. The SMILES string of the molecule is CON=C(C(=O)Nc1ccc(C(=O)N2CCc3[nH]c(C)nc3-c3ccccc32)cc1)C(C)C. The Morgan fingerprint density at radius 3 is 2.58 bits per heavy atom. The molecule has 1 aromatic heterocycles. The summed E-state index contributed by atoms with van der Waals surface area (Å²) in [5.41, 5.74) is 5.11. The van der Waals surface area contributed by atoms with Crippen LogP contribution in [0.1, 0.15) is 35.7 Å². The number of hydrogen-bond donors (Lipinski definition) is 2. The lowest BCUT2D eigenvalue weighted by Crippen LogP contribution is -2.32. The van der Waals surface area contributed by atoms with E-state index in [9.17, 15) is 9.59 Å². The second kappa shape index (κ2) is 9.28. The third-order valence-electron chi connectivity index (χ3n) is 5.54. The second-order valence-corrected chi connectivity index (χ2v) is 8.22. The summed E-state index contributed by atoms with van der Waals surface area (Å²) >= 11 is 0. The zero-order chi connectivity index (χ0) is 23.5. The van der Waals surface area contributed by atoms with Crippen LogP contribution in [0, 0.1) is 12.8 Å². The van der Waals surface area contributed by atoms with E-state index in [4.69, 9.17) is 4.84 Å². The molecule has 2 heterocycles. The highest BCUT2D eigenvalue weighted by Crippen LogP contribution is 2.35. The van der Waals surface area contributed by atoms with Crippen LogP contribution in [0.2, 0.25) is 0 Å². The van der Waals surface area contributed by atoms with Gasteiger partial charge in [0.15, 0.2) is 0 Å². The van der Waals surface area contributed by atoms with Crippen molar-refractivity contribution in [3.63, 3.8) is 0 Å². The number of nitrogens with zero attached hydrogens (tertiary/aromatic N) is 3. The number of aromatic amines is 1. The van der Waals surface area contributed by atoms with Crippen LogP contribution in [0.15, 0.2) is 53.7 Å². The van der Waals surface area contributed by atoms with E-state index in [0.717, 1.165) is 28.5 Å². The Bertz CT molecular complexity index is 1210. The largest absolute Gasteiger partial charge is 0.399 e. The van der Waals surface area contributed by atoms with Gasteiger partial charge in [-0.3, -0.25) is 9.59 Å². The zero-order valence-electron chi connectivity index (χ0n) is 19.2. The maximum atomic E-state index is 13.4. The number of aryl methyl sites for hydroxylation is 1. The summed E-state index contributed by atoms with van der Waals surface area (Å²) in [7, 11) is 1.41. The molecule has 2 aromatic carbocycles. The van der Waals surface area contributed by atoms with Crippen LogP contribution in [0.5, 0.6) is 0 Å². The van der Waals surface area contributed by atoms with Gasteiger partial charge in [0.25, 0.3) is 11.8 Å². The highest BCUT2D eigenvalue weighted by atomic mass is 16.6. The second-order valence-electron chi connectivity index (χ2n) is 8.22. The molecule has 170 valence electrons. The van der Waals surface area contributed by atoms with Gasteiger partial charge in [0.1, 0.15) is 18.6 Å². The topological polar surface area (TPSA) is 99.7 Å². The van der Waals surface area contributed by atoms with Crippen molar-refractivity contribution < 1.29 is 14.4 Å². The minimum Gasteiger partial charge on any atom is -0.399 e. The summed E-state index contributed by atoms with van der Waals surface area (Å²) in [4.78, 5) is 40.5. The van der Waals surface area contributed by atoms with Crippen molar-refractivity contribution in [1.82, 2.24) is 9.97 Å². The number of imidazole rings is 1. The number of anilines is 2. The van der Waals surface area contributed by atoms with Crippen LogP contribution < -0.4 is 10.2 Å². The van der Waals surface area contributed by atoms with E-state index in [0.29, 0.717) is 29.9 Å². The van der Waals surface area contributed by atoms with Crippen LogP contribution in [0.25, 0.3) is 11.3 Å². The molecule has 1 aliphatic rings. The Morgan fingerprint density at radius 2 is 1.88 bits per heavy atom. The van der Waals surface area contributed by atoms with Crippen LogP contribution in [-0.2, 0) is 16.1 Å². The van der Waals surface area contributed by atoms with E-state index < -0.39 is 0 Å². The van der Waals surface area contributed by atoms with E-state index in [1.807, 2.05) is 45.0 Å².